The largest absolute Gasteiger partial charge is 0.278 e. The van der Waals surface area contributed by atoms with E-state index in [-0.39, 0.29) is 5.69 Å². The summed E-state index contributed by atoms with van der Waals surface area (Å²) in [6, 6.07) is 5.03. The zero-order chi connectivity index (χ0) is 13.0. The summed E-state index contributed by atoms with van der Waals surface area (Å²) in [4.78, 5) is 14.5. The Balaban J connectivity index is 2.57. The van der Waals surface area contributed by atoms with Gasteiger partial charge in [0.05, 0.1) is 10.3 Å². The molecule has 0 unspecified atom stereocenters. The Hall–Kier alpha value is -1.94. The molecule has 1 heterocycles. The average Bonchev–Trinajstić information content (AvgIpc) is 2.38. The van der Waals surface area contributed by atoms with E-state index < -0.39 is 4.92 Å². The van der Waals surface area contributed by atoms with Crippen molar-refractivity contribution in [3.8, 4) is 0 Å². The second kappa shape index (κ2) is 5.60. The first-order chi connectivity index (χ1) is 8.74. The topological polar surface area (TPSA) is 56.0 Å². The number of pyridine rings is 1. The molecule has 0 spiro atoms. The first-order valence-corrected chi connectivity index (χ1v) is 6.01. The summed E-state index contributed by atoms with van der Waals surface area (Å²) >= 11 is 5.60. The lowest BCUT2D eigenvalue weighted by Crippen LogP contribution is -1.91. The third-order valence-corrected chi connectivity index (χ3v) is 2.82. The molecule has 0 radical (unpaired) electrons. The van der Waals surface area contributed by atoms with E-state index in [0.717, 1.165) is 17.4 Å². The van der Waals surface area contributed by atoms with Crippen LogP contribution < -0.4 is 0 Å². The van der Waals surface area contributed by atoms with Crippen LogP contribution in [0.4, 0.5) is 5.69 Å². The standard InChI is InChI=1S/C13H11ClN2O2/c14-7-2-1-3-10-4-5-13(16(17)18)12-9-15-8-6-11(10)12/h1,3-6,8-9H,2,7H2. The second-order valence-electron chi connectivity index (χ2n) is 3.73. The van der Waals surface area contributed by atoms with E-state index in [2.05, 4.69) is 4.98 Å². The van der Waals surface area contributed by atoms with Gasteiger partial charge in [-0.2, -0.15) is 0 Å². The van der Waals surface area contributed by atoms with Gasteiger partial charge in [-0.3, -0.25) is 15.1 Å². The van der Waals surface area contributed by atoms with Crippen LogP contribution in [-0.4, -0.2) is 15.8 Å². The minimum absolute atomic E-state index is 0.0765. The van der Waals surface area contributed by atoms with Crippen molar-refractivity contribution >= 4 is 34.1 Å². The maximum atomic E-state index is 10.9. The number of nitrogens with zero attached hydrogens (tertiary/aromatic N) is 2. The number of allylic oxidation sites excluding steroid dienone is 1. The minimum Gasteiger partial charge on any atom is -0.264 e. The Morgan fingerprint density at radius 2 is 2.17 bits per heavy atom. The van der Waals surface area contributed by atoms with E-state index in [1.807, 2.05) is 12.2 Å². The van der Waals surface area contributed by atoms with E-state index in [0.29, 0.717) is 11.3 Å². The highest BCUT2D eigenvalue weighted by Gasteiger charge is 2.12. The third-order valence-electron chi connectivity index (χ3n) is 2.60. The molecule has 0 amide bonds. The molecule has 0 bridgehead atoms. The summed E-state index contributed by atoms with van der Waals surface area (Å²) in [6.07, 6.45) is 7.80. The zero-order valence-corrected chi connectivity index (χ0v) is 10.3. The molecule has 0 aliphatic carbocycles. The average molecular weight is 263 g/mol. The first-order valence-electron chi connectivity index (χ1n) is 5.47. The van der Waals surface area contributed by atoms with Gasteiger partial charge in [0.1, 0.15) is 0 Å². The number of hydrogen-bond donors (Lipinski definition) is 0. The summed E-state index contributed by atoms with van der Waals surface area (Å²) in [7, 11) is 0. The molecule has 0 aliphatic heterocycles. The van der Waals surface area contributed by atoms with Crippen molar-refractivity contribution in [3.05, 3.63) is 52.3 Å². The van der Waals surface area contributed by atoms with Gasteiger partial charge in [-0.25, -0.2) is 0 Å². The van der Waals surface area contributed by atoms with Crippen LogP contribution in [0.25, 0.3) is 16.8 Å². The van der Waals surface area contributed by atoms with Crippen LogP contribution in [-0.2, 0) is 0 Å². The number of non-ortho nitro benzene ring substituents is 1. The molecule has 0 saturated heterocycles. The summed E-state index contributed by atoms with van der Waals surface area (Å²) in [6.45, 7) is 0. The van der Waals surface area contributed by atoms with Gasteiger partial charge in [0.2, 0.25) is 0 Å². The van der Waals surface area contributed by atoms with Crippen molar-refractivity contribution < 1.29 is 4.92 Å². The molecule has 5 heteroatoms. The van der Waals surface area contributed by atoms with Gasteiger partial charge < -0.3 is 0 Å². The van der Waals surface area contributed by atoms with Gasteiger partial charge in [0.25, 0.3) is 5.69 Å². The predicted octanol–water partition coefficient (Wildman–Crippen LogP) is 3.79. The molecular weight excluding hydrogens is 252 g/mol. The van der Waals surface area contributed by atoms with Gasteiger partial charge in [-0.15, -0.1) is 11.6 Å². The minimum atomic E-state index is -0.393. The number of aromatic nitrogens is 1. The van der Waals surface area contributed by atoms with Crippen LogP contribution in [0.3, 0.4) is 0 Å². The SMILES string of the molecule is O=[N+]([O-])c1ccc(C=CCCCl)c2ccncc12. The lowest BCUT2D eigenvalue weighted by Gasteiger charge is -2.02. The zero-order valence-electron chi connectivity index (χ0n) is 9.54. The van der Waals surface area contributed by atoms with Crippen molar-refractivity contribution in [2.75, 3.05) is 5.88 Å². The third kappa shape index (κ3) is 2.49. The molecule has 1 aromatic heterocycles. The molecule has 0 atom stereocenters. The van der Waals surface area contributed by atoms with Crippen LogP contribution >= 0.6 is 11.6 Å². The summed E-state index contributed by atoms with van der Waals surface area (Å²) in [5.41, 5.74) is 1.01. The molecular formula is C13H11ClN2O2. The number of alkyl halides is 1. The van der Waals surface area contributed by atoms with Crippen LogP contribution in [0.1, 0.15) is 12.0 Å². The van der Waals surface area contributed by atoms with Gasteiger partial charge >= 0.3 is 0 Å². The number of hydrogen-bond acceptors (Lipinski definition) is 3. The normalized spacial score (nSPS) is 11.2. The van der Waals surface area contributed by atoms with E-state index in [1.165, 1.54) is 12.3 Å². The van der Waals surface area contributed by atoms with Crippen LogP contribution in [0.15, 0.2) is 36.7 Å². The van der Waals surface area contributed by atoms with Crippen molar-refractivity contribution in [2.45, 2.75) is 6.42 Å². The molecule has 2 rings (SSSR count). The molecule has 0 aliphatic rings. The number of rotatable bonds is 4. The first kappa shape index (κ1) is 12.5. The second-order valence-corrected chi connectivity index (χ2v) is 4.11. The Labute approximate surface area is 109 Å². The summed E-state index contributed by atoms with van der Waals surface area (Å²) in [5.74, 6) is 0.559. The van der Waals surface area contributed by atoms with E-state index in [4.69, 9.17) is 11.6 Å². The highest BCUT2D eigenvalue weighted by atomic mass is 35.5. The van der Waals surface area contributed by atoms with Gasteiger partial charge in [0.15, 0.2) is 0 Å². The van der Waals surface area contributed by atoms with E-state index in [1.54, 1.807) is 18.3 Å². The highest BCUT2D eigenvalue weighted by molar-refractivity contribution is 6.17. The van der Waals surface area contributed by atoms with Crippen molar-refractivity contribution in [1.82, 2.24) is 4.98 Å². The van der Waals surface area contributed by atoms with Gasteiger partial charge in [-0.1, -0.05) is 12.2 Å². The summed E-state index contributed by atoms with van der Waals surface area (Å²) in [5, 5.41) is 12.3. The summed E-state index contributed by atoms with van der Waals surface area (Å²) < 4.78 is 0. The maximum Gasteiger partial charge on any atom is 0.278 e. The molecule has 0 fully saturated rings. The molecule has 0 saturated carbocycles. The Bertz CT molecular complexity index is 611. The number of nitro groups is 1. The number of nitro benzene ring substituents is 1. The monoisotopic (exact) mass is 262 g/mol. The predicted molar refractivity (Wildman–Crippen MR) is 72.8 cm³/mol. The number of halogens is 1. The number of benzene rings is 1. The maximum absolute atomic E-state index is 10.9. The molecule has 4 nitrogen and oxygen atoms in total. The number of fused-ring (bicyclic) bond motifs is 1. The fourth-order valence-electron chi connectivity index (χ4n) is 1.78. The fraction of sp³-hybridized carbons (Fsp3) is 0.154. The van der Waals surface area contributed by atoms with Crippen LogP contribution in [0, 0.1) is 10.1 Å². The molecule has 2 aromatic rings. The van der Waals surface area contributed by atoms with E-state index >= 15 is 0 Å². The quantitative estimate of drug-likeness (QED) is 0.479. The lowest BCUT2D eigenvalue weighted by atomic mass is 10.0. The molecule has 0 N–H and O–H groups in total. The smallest absolute Gasteiger partial charge is 0.264 e. The van der Waals surface area contributed by atoms with Crippen molar-refractivity contribution in [2.24, 2.45) is 0 Å². The Morgan fingerprint density at radius 3 is 2.89 bits per heavy atom. The van der Waals surface area contributed by atoms with Gasteiger partial charge in [0, 0.05) is 24.3 Å². The fourth-order valence-corrected chi connectivity index (χ4v) is 1.90. The molecule has 92 valence electrons. The van der Waals surface area contributed by atoms with Crippen LogP contribution in [0.2, 0.25) is 0 Å². The Kier molecular flexibility index (Phi) is 3.89. The van der Waals surface area contributed by atoms with E-state index in [9.17, 15) is 10.1 Å². The molecule has 1 aromatic carbocycles. The lowest BCUT2D eigenvalue weighted by molar-refractivity contribution is -0.383. The highest BCUT2D eigenvalue weighted by Crippen LogP contribution is 2.28. The van der Waals surface area contributed by atoms with Crippen LogP contribution in [0.5, 0.6) is 0 Å². The Morgan fingerprint density at radius 1 is 1.33 bits per heavy atom. The van der Waals surface area contributed by atoms with Crippen molar-refractivity contribution in [3.63, 3.8) is 0 Å². The van der Waals surface area contributed by atoms with Crippen molar-refractivity contribution in [1.29, 1.82) is 0 Å². The molecule has 18 heavy (non-hydrogen) atoms. The van der Waals surface area contributed by atoms with Gasteiger partial charge in [-0.05, 0) is 29.5 Å².